The molecule has 1 N–H and O–H groups in total. The zero-order valence-corrected chi connectivity index (χ0v) is 11.5. The van der Waals surface area contributed by atoms with Crippen LogP contribution in [0.1, 0.15) is 0 Å². The van der Waals surface area contributed by atoms with E-state index in [9.17, 15) is 9.59 Å². The highest BCUT2D eigenvalue weighted by atomic mass is 16.5. The molecule has 22 heavy (non-hydrogen) atoms. The molecule has 0 aliphatic heterocycles. The molecule has 0 radical (unpaired) electrons. The summed E-state index contributed by atoms with van der Waals surface area (Å²) in [7, 11) is 1.54. The second-order valence-corrected chi connectivity index (χ2v) is 4.44. The predicted octanol–water partition coefficient (Wildman–Crippen LogP) is 0.0462. The van der Waals surface area contributed by atoms with Gasteiger partial charge in [-0.3, -0.25) is 14.2 Å². The Kier molecular flexibility index (Phi) is 3.30. The third-order valence-electron chi connectivity index (χ3n) is 3.07. The second-order valence-electron chi connectivity index (χ2n) is 4.44. The number of aliphatic carboxylic acids is 1. The van der Waals surface area contributed by atoms with Crippen molar-refractivity contribution < 1.29 is 14.6 Å². The van der Waals surface area contributed by atoms with Crippen molar-refractivity contribution in [2.24, 2.45) is 0 Å². The number of fused-ring (bicyclic) bond motifs is 1. The highest BCUT2D eigenvalue weighted by molar-refractivity contribution is 5.68. The van der Waals surface area contributed by atoms with E-state index in [1.165, 1.54) is 18.0 Å². The number of nitrogens with zero attached hydrogens (tertiary/aromatic N) is 5. The van der Waals surface area contributed by atoms with E-state index in [4.69, 9.17) is 9.84 Å². The maximum Gasteiger partial charge on any atom is 0.323 e. The molecule has 0 aliphatic carbocycles. The van der Waals surface area contributed by atoms with Gasteiger partial charge in [0.1, 0.15) is 18.6 Å². The zero-order chi connectivity index (χ0) is 15.7. The zero-order valence-electron chi connectivity index (χ0n) is 11.5. The summed E-state index contributed by atoms with van der Waals surface area (Å²) in [5.41, 5.74) is 0.102. The first-order valence-corrected chi connectivity index (χ1v) is 6.27. The van der Waals surface area contributed by atoms with Gasteiger partial charge in [0.25, 0.3) is 11.3 Å². The number of hydrogen-bond donors (Lipinski definition) is 1. The lowest BCUT2D eigenvalue weighted by Gasteiger charge is -2.07. The van der Waals surface area contributed by atoms with Crippen molar-refractivity contribution in [3.8, 4) is 17.0 Å². The molecule has 0 atom stereocenters. The molecule has 2 heterocycles. The van der Waals surface area contributed by atoms with Crippen molar-refractivity contribution in [2.45, 2.75) is 6.54 Å². The van der Waals surface area contributed by atoms with E-state index in [0.717, 1.165) is 4.57 Å². The van der Waals surface area contributed by atoms with Gasteiger partial charge in [0.15, 0.2) is 5.69 Å². The number of rotatable bonds is 4. The number of carbonyl (C=O) groups is 1. The van der Waals surface area contributed by atoms with Crippen LogP contribution >= 0.6 is 0 Å². The van der Waals surface area contributed by atoms with Crippen LogP contribution in [0, 0.1) is 0 Å². The maximum absolute atomic E-state index is 12.5. The first kappa shape index (κ1) is 13.7. The van der Waals surface area contributed by atoms with Gasteiger partial charge in [0, 0.05) is 5.56 Å². The van der Waals surface area contributed by atoms with Crippen LogP contribution in [-0.4, -0.2) is 42.6 Å². The largest absolute Gasteiger partial charge is 0.497 e. The fourth-order valence-corrected chi connectivity index (χ4v) is 2.05. The summed E-state index contributed by atoms with van der Waals surface area (Å²) >= 11 is 0. The van der Waals surface area contributed by atoms with Gasteiger partial charge in [-0.2, -0.15) is 9.61 Å². The Morgan fingerprint density at radius 1 is 1.32 bits per heavy atom. The second kappa shape index (κ2) is 5.28. The molecule has 0 saturated carbocycles. The fourth-order valence-electron chi connectivity index (χ4n) is 2.05. The molecule has 2 aromatic heterocycles. The third-order valence-corrected chi connectivity index (χ3v) is 3.07. The van der Waals surface area contributed by atoms with Crippen LogP contribution in [0.4, 0.5) is 0 Å². The number of methoxy groups -OCH3 is 1. The molecule has 112 valence electrons. The van der Waals surface area contributed by atoms with Gasteiger partial charge in [-0.1, -0.05) is 0 Å². The molecule has 3 aromatic rings. The minimum absolute atomic E-state index is 0.0738. The molecule has 0 unspecified atom stereocenters. The minimum Gasteiger partial charge on any atom is -0.497 e. The summed E-state index contributed by atoms with van der Waals surface area (Å²) in [6, 6.07) is 6.72. The summed E-state index contributed by atoms with van der Waals surface area (Å²) in [4.78, 5) is 23.5. The topological polar surface area (TPSA) is 112 Å². The average Bonchev–Trinajstić information content (AvgIpc) is 2.98. The Morgan fingerprint density at radius 2 is 2.05 bits per heavy atom. The Hall–Kier alpha value is -3.23. The quantitative estimate of drug-likeness (QED) is 0.724. The Labute approximate surface area is 123 Å². The van der Waals surface area contributed by atoms with Crippen molar-refractivity contribution in [1.29, 1.82) is 0 Å². The maximum atomic E-state index is 12.5. The van der Waals surface area contributed by atoms with E-state index in [0.29, 0.717) is 11.3 Å². The molecule has 0 amide bonds. The van der Waals surface area contributed by atoms with Gasteiger partial charge in [0.2, 0.25) is 0 Å². The molecule has 0 fully saturated rings. The summed E-state index contributed by atoms with van der Waals surface area (Å²) in [5, 5.41) is 20.5. The lowest BCUT2D eigenvalue weighted by molar-refractivity contribution is -0.137. The number of aromatic nitrogens is 5. The van der Waals surface area contributed by atoms with E-state index in [1.807, 2.05) is 0 Å². The van der Waals surface area contributed by atoms with Gasteiger partial charge < -0.3 is 9.84 Å². The molecule has 9 heteroatoms. The van der Waals surface area contributed by atoms with Crippen LogP contribution in [0.2, 0.25) is 0 Å². The van der Waals surface area contributed by atoms with Crippen LogP contribution in [0.5, 0.6) is 5.75 Å². The highest BCUT2D eigenvalue weighted by Gasteiger charge is 2.16. The van der Waals surface area contributed by atoms with E-state index in [2.05, 4.69) is 15.3 Å². The Morgan fingerprint density at radius 3 is 2.68 bits per heavy atom. The van der Waals surface area contributed by atoms with Gasteiger partial charge in [-0.05, 0) is 24.3 Å². The normalized spacial score (nSPS) is 10.8. The Balaban J connectivity index is 2.22. The smallest absolute Gasteiger partial charge is 0.323 e. The van der Waals surface area contributed by atoms with E-state index in [1.54, 1.807) is 24.3 Å². The summed E-state index contributed by atoms with van der Waals surface area (Å²) in [5.74, 6) is -0.441. The van der Waals surface area contributed by atoms with E-state index < -0.39 is 18.1 Å². The van der Waals surface area contributed by atoms with Gasteiger partial charge in [-0.25, -0.2) is 0 Å². The van der Waals surface area contributed by atoms with Gasteiger partial charge >= 0.3 is 5.97 Å². The molecule has 0 aliphatic rings. The van der Waals surface area contributed by atoms with E-state index in [-0.39, 0.29) is 11.5 Å². The molecular formula is C13H11N5O4. The fraction of sp³-hybridized carbons (Fsp3) is 0.154. The number of carboxylic acids is 1. The van der Waals surface area contributed by atoms with Crippen LogP contribution in [-0.2, 0) is 11.3 Å². The van der Waals surface area contributed by atoms with Crippen LogP contribution in [0.25, 0.3) is 17.0 Å². The third kappa shape index (κ3) is 2.28. The molecular weight excluding hydrogens is 290 g/mol. The van der Waals surface area contributed by atoms with Gasteiger partial charge in [0.05, 0.1) is 7.11 Å². The van der Waals surface area contributed by atoms with Crippen molar-refractivity contribution in [3.05, 3.63) is 40.9 Å². The number of ether oxygens (including phenoxy) is 1. The lowest BCUT2D eigenvalue weighted by atomic mass is 10.1. The minimum atomic E-state index is -1.15. The number of carboxylic acid groups (broad SMARTS) is 1. The van der Waals surface area contributed by atoms with Crippen molar-refractivity contribution in [3.63, 3.8) is 0 Å². The first-order valence-electron chi connectivity index (χ1n) is 6.27. The lowest BCUT2D eigenvalue weighted by Crippen LogP contribution is -2.29. The number of hydrogen-bond acceptors (Lipinski definition) is 6. The standard InChI is InChI=1S/C13H11N5O4/c1-22-9-4-2-8(3-5-9)11-12(21)17(6-10(19)20)13-15-14-7-18(13)16-11/h2-5,7H,6H2,1H3,(H,19,20). The molecule has 9 nitrogen and oxygen atoms in total. The monoisotopic (exact) mass is 301 g/mol. The molecule has 0 spiro atoms. The first-order chi connectivity index (χ1) is 10.6. The van der Waals surface area contributed by atoms with Crippen molar-refractivity contribution in [2.75, 3.05) is 7.11 Å². The molecule has 3 rings (SSSR count). The summed E-state index contributed by atoms with van der Waals surface area (Å²) < 4.78 is 7.35. The SMILES string of the molecule is COc1ccc(-c2nn3cnnc3n(CC(=O)O)c2=O)cc1. The summed E-state index contributed by atoms with van der Waals surface area (Å²) in [6.07, 6.45) is 1.31. The molecule has 0 bridgehead atoms. The van der Waals surface area contributed by atoms with Crippen LogP contribution < -0.4 is 10.3 Å². The predicted molar refractivity (Wildman–Crippen MR) is 74.7 cm³/mol. The van der Waals surface area contributed by atoms with Crippen LogP contribution in [0.15, 0.2) is 35.4 Å². The Bertz CT molecular complexity index is 897. The molecule has 1 aromatic carbocycles. The van der Waals surface area contributed by atoms with Crippen LogP contribution in [0.3, 0.4) is 0 Å². The van der Waals surface area contributed by atoms with Crippen molar-refractivity contribution >= 4 is 11.7 Å². The van der Waals surface area contributed by atoms with E-state index >= 15 is 0 Å². The number of benzene rings is 1. The molecule has 0 saturated heterocycles. The van der Waals surface area contributed by atoms with Crippen molar-refractivity contribution in [1.82, 2.24) is 24.4 Å². The highest BCUT2D eigenvalue weighted by Crippen LogP contribution is 2.18. The summed E-state index contributed by atoms with van der Waals surface area (Å²) in [6.45, 7) is -0.521. The van der Waals surface area contributed by atoms with Gasteiger partial charge in [-0.15, -0.1) is 10.2 Å². The average molecular weight is 301 g/mol.